The molecule has 0 spiro atoms. The lowest BCUT2D eigenvalue weighted by atomic mass is 10.1. The highest BCUT2D eigenvalue weighted by Crippen LogP contribution is 2.03. The number of hydroxylamine groups is 1. The van der Waals surface area contributed by atoms with Crippen LogP contribution in [0, 0.1) is 11.3 Å². The quantitative estimate of drug-likeness (QED) is 0.561. The van der Waals surface area contributed by atoms with Gasteiger partial charge in [0.25, 0.3) is 0 Å². The number of hydrogen-bond donors (Lipinski definition) is 1. The predicted molar refractivity (Wildman–Crippen MR) is 55.8 cm³/mol. The van der Waals surface area contributed by atoms with Gasteiger partial charge in [-0.25, -0.2) is 0 Å². The third-order valence-electron chi connectivity index (χ3n) is 1.82. The maximum Gasteiger partial charge on any atom is 0.0991 e. The van der Waals surface area contributed by atoms with E-state index in [0.717, 1.165) is 5.56 Å². The lowest BCUT2D eigenvalue weighted by molar-refractivity contribution is 0.00346. The van der Waals surface area contributed by atoms with Crippen LogP contribution >= 0.6 is 0 Å². The van der Waals surface area contributed by atoms with Crippen molar-refractivity contribution < 1.29 is 9.57 Å². The van der Waals surface area contributed by atoms with Gasteiger partial charge in [-0.3, -0.25) is 4.84 Å². The molecule has 1 rings (SSSR count). The van der Waals surface area contributed by atoms with E-state index in [9.17, 15) is 0 Å². The zero-order valence-electron chi connectivity index (χ0n) is 8.69. The molecular weight excluding hydrogens is 192 g/mol. The van der Waals surface area contributed by atoms with Crippen LogP contribution in [0.2, 0.25) is 0 Å². The monoisotopic (exact) mass is 206 g/mol. The second-order valence-electron chi connectivity index (χ2n) is 2.97. The summed E-state index contributed by atoms with van der Waals surface area (Å²) in [6.45, 7) is 1.65. The molecular formula is C11H14N2O2. The van der Waals surface area contributed by atoms with Gasteiger partial charge in [0, 0.05) is 13.7 Å². The highest BCUT2D eigenvalue weighted by molar-refractivity contribution is 5.32. The zero-order chi connectivity index (χ0) is 10.9. The smallest absolute Gasteiger partial charge is 0.0991 e. The Morgan fingerprint density at radius 1 is 1.40 bits per heavy atom. The van der Waals surface area contributed by atoms with Gasteiger partial charge in [0.1, 0.15) is 0 Å². The lowest BCUT2D eigenvalue weighted by Crippen LogP contribution is -2.17. The highest BCUT2D eigenvalue weighted by atomic mass is 16.7. The second kappa shape index (κ2) is 6.96. The van der Waals surface area contributed by atoms with Gasteiger partial charge in [0.15, 0.2) is 0 Å². The number of nitrogens with zero attached hydrogens (tertiary/aromatic N) is 1. The van der Waals surface area contributed by atoms with E-state index in [1.807, 2.05) is 18.2 Å². The van der Waals surface area contributed by atoms with Crippen LogP contribution in [0.1, 0.15) is 11.1 Å². The van der Waals surface area contributed by atoms with Gasteiger partial charge in [-0.05, 0) is 17.7 Å². The zero-order valence-corrected chi connectivity index (χ0v) is 8.69. The summed E-state index contributed by atoms with van der Waals surface area (Å²) in [6, 6.07) is 9.48. The largest absolute Gasteiger partial charge is 0.382 e. The second-order valence-corrected chi connectivity index (χ2v) is 2.97. The van der Waals surface area contributed by atoms with Crippen LogP contribution in [0.5, 0.6) is 0 Å². The van der Waals surface area contributed by atoms with Gasteiger partial charge in [-0.1, -0.05) is 12.1 Å². The molecule has 0 aliphatic carbocycles. The first-order valence-electron chi connectivity index (χ1n) is 4.69. The van der Waals surface area contributed by atoms with Crippen LogP contribution in [0.15, 0.2) is 24.3 Å². The third-order valence-corrected chi connectivity index (χ3v) is 1.82. The highest BCUT2D eigenvalue weighted by Gasteiger charge is 1.94. The van der Waals surface area contributed by atoms with E-state index in [0.29, 0.717) is 25.3 Å². The Bertz CT molecular complexity index is 334. The van der Waals surface area contributed by atoms with E-state index in [1.165, 1.54) is 0 Å². The molecule has 0 aromatic heterocycles. The Morgan fingerprint density at radius 3 is 3.00 bits per heavy atom. The first-order chi connectivity index (χ1) is 7.36. The molecule has 0 unspecified atom stereocenters. The van der Waals surface area contributed by atoms with Crippen LogP contribution in [0.25, 0.3) is 0 Å². The van der Waals surface area contributed by atoms with Crippen LogP contribution in [-0.4, -0.2) is 20.3 Å². The molecule has 1 N–H and O–H groups in total. The number of benzene rings is 1. The van der Waals surface area contributed by atoms with Gasteiger partial charge in [-0.15, -0.1) is 0 Å². The minimum Gasteiger partial charge on any atom is -0.382 e. The standard InChI is InChI=1S/C11H14N2O2/c1-14-5-6-15-13-9-11-4-2-3-10(7-11)8-12/h2-4,7,13H,5-6,9H2,1H3. The Morgan fingerprint density at radius 2 is 2.27 bits per heavy atom. The van der Waals surface area contributed by atoms with Gasteiger partial charge in [0.2, 0.25) is 0 Å². The summed E-state index contributed by atoms with van der Waals surface area (Å²) in [6.07, 6.45) is 0. The summed E-state index contributed by atoms with van der Waals surface area (Å²) in [7, 11) is 1.62. The van der Waals surface area contributed by atoms with Crippen molar-refractivity contribution in [1.29, 1.82) is 5.26 Å². The summed E-state index contributed by atoms with van der Waals surface area (Å²) in [4.78, 5) is 5.09. The minimum absolute atomic E-state index is 0.508. The maximum absolute atomic E-state index is 8.69. The first kappa shape index (κ1) is 11.7. The number of rotatable bonds is 6. The molecule has 0 heterocycles. The predicted octanol–water partition coefficient (Wildman–Crippen LogP) is 1.23. The molecule has 0 radical (unpaired) electrons. The average molecular weight is 206 g/mol. The van der Waals surface area contributed by atoms with Crippen molar-refractivity contribution in [2.24, 2.45) is 0 Å². The molecule has 0 saturated carbocycles. The Labute approximate surface area is 89.4 Å². The fourth-order valence-electron chi connectivity index (χ4n) is 1.08. The molecule has 0 aliphatic heterocycles. The van der Waals surface area contributed by atoms with Crippen LogP contribution in [0.4, 0.5) is 0 Å². The number of hydrogen-bond acceptors (Lipinski definition) is 4. The SMILES string of the molecule is COCCONCc1cccc(C#N)c1. The summed E-state index contributed by atoms with van der Waals surface area (Å²) in [5.74, 6) is 0. The molecule has 1 aromatic carbocycles. The molecule has 4 nitrogen and oxygen atoms in total. The number of ether oxygens (including phenoxy) is 1. The molecule has 15 heavy (non-hydrogen) atoms. The van der Waals surface area contributed by atoms with E-state index in [4.69, 9.17) is 14.8 Å². The van der Waals surface area contributed by atoms with E-state index >= 15 is 0 Å². The third kappa shape index (κ3) is 4.56. The van der Waals surface area contributed by atoms with E-state index < -0.39 is 0 Å². The van der Waals surface area contributed by atoms with Crippen LogP contribution in [0.3, 0.4) is 0 Å². The molecule has 0 bridgehead atoms. The molecule has 4 heteroatoms. The van der Waals surface area contributed by atoms with Crippen molar-refractivity contribution in [2.75, 3.05) is 20.3 Å². The Balaban J connectivity index is 2.28. The van der Waals surface area contributed by atoms with Crippen molar-refractivity contribution in [3.63, 3.8) is 0 Å². The molecule has 0 atom stereocenters. The van der Waals surface area contributed by atoms with Crippen molar-refractivity contribution >= 4 is 0 Å². The van der Waals surface area contributed by atoms with Gasteiger partial charge >= 0.3 is 0 Å². The Hall–Kier alpha value is -1.41. The summed E-state index contributed by atoms with van der Waals surface area (Å²) in [5.41, 5.74) is 4.48. The van der Waals surface area contributed by atoms with Crippen LogP contribution < -0.4 is 5.48 Å². The molecule has 0 saturated heterocycles. The van der Waals surface area contributed by atoms with E-state index in [-0.39, 0.29) is 0 Å². The fourth-order valence-corrected chi connectivity index (χ4v) is 1.08. The van der Waals surface area contributed by atoms with Gasteiger partial charge in [-0.2, -0.15) is 10.7 Å². The van der Waals surface area contributed by atoms with Gasteiger partial charge in [0.05, 0.1) is 24.8 Å². The van der Waals surface area contributed by atoms with Gasteiger partial charge < -0.3 is 4.74 Å². The summed E-state index contributed by atoms with van der Waals surface area (Å²) >= 11 is 0. The molecule has 80 valence electrons. The number of methoxy groups -OCH3 is 1. The summed E-state index contributed by atoms with van der Waals surface area (Å²) < 4.78 is 4.82. The van der Waals surface area contributed by atoms with Crippen LogP contribution in [-0.2, 0) is 16.1 Å². The molecule has 0 amide bonds. The van der Waals surface area contributed by atoms with Crippen molar-refractivity contribution in [3.8, 4) is 6.07 Å². The summed E-state index contributed by atoms with van der Waals surface area (Å²) in [5, 5.41) is 8.69. The normalized spacial score (nSPS) is 9.87. The van der Waals surface area contributed by atoms with Crippen molar-refractivity contribution in [2.45, 2.75) is 6.54 Å². The minimum atomic E-state index is 0.508. The van der Waals surface area contributed by atoms with Crippen molar-refractivity contribution in [1.82, 2.24) is 5.48 Å². The number of nitriles is 1. The molecule has 0 aliphatic rings. The maximum atomic E-state index is 8.69. The molecule has 1 aromatic rings. The fraction of sp³-hybridized carbons (Fsp3) is 0.364. The lowest BCUT2D eigenvalue weighted by Gasteiger charge is -2.05. The molecule has 0 fully saturated rings. The topological polar surface area (TPSA) is 54.3 Å². The Kier molecular flexibility index (Phi) is 5.41. The van der Waals surface area contributed by atoms with Crippen molar-refractivity contribution in [3.05, 3.63) is 35.4 Å². The first-order valence-corrected chi connectivity index (χ1v) is 4.69. The van der Waals surface area contributed by atoms with E-state index in [2.05, 4.69) is 11.5 Å². The number of nitrogens with one attached hydrogen (secondary N) is 1. The average Bonchev–Trinajstić information content (AvgIpc) is 2.29. The van der Waals surface area contributed by atoms with E-state index in [1.54, 1.807) is 13.2 Å².